The Morgan fingerprint density at radius 1 is 1.34 bits per heavy atom. The van der Waals surface area contributed by atoms with Gasteiger partial charge in [0.05, 0.1) is 24.0 Å². The number of benzene rings is 1. The molecule has 2 aromatic heterocycles. The van der Waals surface area contributed by atoms with E-state index >= 15 is 0 Å². The third kappa shape index (κ3) is 4.92. The van der Waals surface area contributed by atoms with E-state index in [0.29, 0.717) is 10.5 Å². The first kappa shape index (κ1) is 20.8. The lowest BCUT2D eigenvalue weighted by atomic mass is 9.98. The number of aromatic carboxylic acids is 1. The molecule has 6 nitrogen and oxygen atoms in total. The van der Waals surface area contributed by atoms with Crippen molar-refractivity contribution >= 4 is 34.4 Å². The third-order valence-corrected chi connectivity index (χ3v) is 4.53. The molecule has 2 heterocycles. The molecule has 0 bridgehead atoms. The Morgan fingerprint density at radius 3 is 2.76 bits per heavy atom. The molecule has 1 aromatic carbocycles. The molecule has 0 saturated carbocycles. The van der Waals surface area contributed by atoms with E-state index in [4.69, 9.17) is 4.74 Å². The lowest BCUT2D eigenvalue weighted by Crippen LogP contribution is -2.24. The number of thiazole rings is 1. The lowest BCUT2D eigenvalue weighted by Gasteiger charge is -2.21. The second-order valence-electron chi connectivity index (χ2n) is 7.42. The van der Waals surface area contributed by atoms with Crippen LogP contribution in [0.25, 0.3) is 17.1 Å². The summed E-state index contributed by atoms with van der Waals surface area (Å²) in [4.78, 5) is 16.3. The molecular weight excluding hydrogens is 402 g/mol. The smallest absolute Gasteiger partial charge is 0.387 e. The minimum absolute atomic E-state index is 0.0883. The van der Waals surface area contributed by atoms with Crippen molar-refractivity contribution < 1.29 is 28.2 Å². The predicted molar refractivity (Wildman–Crippen MR) is 104 cm³/mol. The van der Waals surface area contributed by atoms with Crippen molar-refractivity contribution in [2.45, 2.75) is 27.4 Å². The van der Waals surface area contributed by atoms with E-state index in [1.807, 2.05) is 20.8 Å². The molecule has 0 radical (unpaired) electrons. The third-order valence-electron chi connectivity index (χ3n) is 3.78. The molecule has 3 aromatic rings. The summed E-state index contributed by atoms with van der Waals surface area (Å²) in [5.41, 5.74) is 0.344. The lowest BCUT2D eigenvalue weighted by molar-refractivity contribution is -0.255. The van der Waals surface area contributed by atoms with Crippen molar-refractivity contribution in [1.29, 1.82) is 0 Å². The molecule has 9 heteroatoms. The highest BCUT2D eigenvalue weighted by Crippen LogP contribution is 2.35. The van der Waals surface area contributed by atoms with Crippen LogP contribution in [0.3, 0.4) is 0 Å². The highest BCUT2D eigenvalue weighted by atomic mass is 32.1. The van der Waals surface area contributed by atoms with E-state index in [2.05, 4.69) is 9.72 Å². The molecule has 0 N–H and O–H groups in total. The van der Waals surface area contributed by atoms with Crippen molar-refractivity contribution in [3.05, 3.63) is 46.7 Å². The first-order valence-electron chi connectivity index (χ1n) is 8.71. The number of imidazole rings is 1. The van der Waals surface area contributed by atoms with E-state index in [9.17, 15) is 18.7 Å². The fourth-order valence-electron chi connectivity index (χ4n) is 2.59. The Hall–Kier alpha value is -2.94. The molecule has 0 amide bonds. The molecule has 0 saturated heterocycles. The minimum atomic E-state index is -3.00. The van der Waals surface area contributed by atoms with E-state index in [0.717, 1.165) is 0 Å². The van der Waals surface area contributed by atoms with E-state index in [1.54, 1.807) is 29.8 Å². The fourth-order valence-corrected chi connectivity index (χ4v) is 3.31. The number of carbonyl (C=O) groups excluding carboxylic acids is 1. The number of rotatable bonds is 7. The van der Waals surface area contributed by atoms with Crippen LogP contribution in [0.1, 0.15) is 42.5 Å². The van der Waals surface area contributed by atoms with Gasteiger partial charge in [0.1, 0.15) is 0 Å². The van der Waals surface area contributed by atoms with Gasteiger partial charge in [-0.1, -0.05) is 32.9 Å². The maximum absolute atomic E-state index is 12.8. The number of carboxylic acid groups (broad SMARTS) is 1. The Labute approximate surface area is 170 Å². The van der Waals surface area contributed by atoms with Gasteiger partial charge in [0, 0.05) is 17.1 Å². The Kier molecular flexibility index (Phi) is 5.88. The Balaban J connectivity index is 2.00. The van der Waals surface area contributed by atoms with Crippen molar-refractivity contribution in [2.75, 3.05) is 6.61 Å². The average molecular weight is 421 g/mol. The van der Waals surface area contributed by atoms with Gasteiger partial charge in [-0.05, 0) is 23.6 Å². The van der Waals surface area contributed by atoms with Gasteiger partial charge in [0.25, 0.3) is 0 Å². The second kappa shape index (κ2) is 8.20. The Morgan fingerprint density at radius 2 is 2.10 bits per heavy atom. The van der Waals surface area contributed by atoms with Crippen LogP contribution in [0, 0.1) is 5.41 Å². The van der Waals surface area contributed by atoms with Gasteiger partial charge in [0.2, 0.25) is 0 Å². The summed E-state index contributed by atoms with van der Waals surface area (Å²) in [6.45, 7) is 3.10. The number of hydrogen-bond acceptors (Lipinski definition) is 6. The van der Waals surface area contributed by atoms with Crippen LogP contribution in [0.4, 0.5) is 8.78 Å². The van der Waals surface area contributed by atoms with Gasteiger partial charge < -0.3 is 19.4 Å². The van der Waals surface area contributed by atoms with Crippen molar-refractivity contribution in [3.8, 4) is 11.5 Å². The molecule has 3 rings (SSSR count). The van der Waals surface area contributed by atoms with Crippen LogP contribution < -0.4 is 14.6 Å². The summed E-state index contributed by atoms with van der Waals surface area (Å²) in [6.07, 6.45) is 4.62. The number of carbonyl (C=O) groups is 1. The van der Waals surface area contributed by atoms with Crippen molar-refractivity contribution in [3.63, 3.8) is 0 Å². The zero-order valence-electron chi connectivity index (χ0n) is 16.0. The fraction of sp³-hybridized carbons (Fsp3) is 0.300. The summed E-state index contributed by atoms with van der Waals surface area (Å²) in [6, 6.07) is 4.59. The Bertz CT molecular complexity index is 1050. The highest BCUT2D eigenvalue weighted by Gasteiger charge is 2.18. The first-order chi connectivity index (χ1) is 13.7. The standard InChI is InChI=1S/C20H20F2N2O4S/c1-20(2,3)11-27-16-12(5-4-6-14(16)28-18(21)22)7-8-13-15(17(25)26)24-9-10-29-19(24)23-13/h4-10,18H,11H2,1-3H3,(H,25,26)/p-1/b8-7+. The molecule has 0 aliphatic carbocycles. The summed E-state index contributed by atoms with van der Waals surface area (Å²) >= 11 is 1.28. The molecule has 0 aliphatic rings. The molecule has 0 unspecified atom stereocenters. The number of halogens is 2. The van der Waals surface area contributed by atoms with Crippen molar-refractivity contribution in [2.24, 2.45) is 5.41 Å². The van der Waals surface area contributed by atoms with Gasteiger partial charge in [-0.15, -0.1) is 11.3 Å². The SMILES string of the molecule is CC(C)(C)COc1c(/C=C/c2nc3sccn3c2C(=O)[O-])cccc1OC(F)F. The zero-order chi connectivity index (χ0) is 21.2. The summed E-state index contributed by atoms with van der Waals surface area (Å²) < 4.78 is 37.4. The van der Waals surface area contributed by atoms with E-state index < -0.39 is 12.6 Å². The molecule has 0 aliphatic heterocycles. The quantitative estimate of drug-likeness (QED) is 0.577. The normalized spacial score (nSPS) is 12.2. The molecule has 0 atom stereocenters. The van der Waals surface area contributed by atoms with E-state index in [-0.39, 0.29) is 34.9 Å². The maximum Gasteiger partial charge on any atom is 0.387 e. The molecule has 0 spiro atoms. The second-order valence-corrected chi connectivity index (χ2v) is 8.30. The van der Waals surface area contributed by atoms with Crippen LogP contribution in [0.2, 0.25) is 0 Å². The number of carboxylic acids is 1. The number of hydrogen-bond donors (Lipinski definition) is 0. The molecule has 154 valence electrons. The van der Waals surface area contributed by atoms with Gasteiger partial charge >= 0.3 is 6.61 Å². The van der Waals surface area contributed by atoms with Crippen LogP contribution in [-0.2, 0) is 0 Å². The van der Waals surface area contributed by atoms with Gasteiger partial charge in [0.15, 0.2) is 16.5 Å². The molecule has 0 fully saturated rings. The largest absolute Gasteiger partial charge is 0.543 e. The number of alkyl halides is 2. The average Bonchev–Trinajstić information content (AvgIpc) is 3.17. The maximum atomic E-state index is 12.8. The highest BCUT2D eigenvalue weighted by molar-refractivity contribution is 7.15. The monoisotopic (exact) mass is 421 g/mol. The summed E-state index contributed by atoms with van der Waals surface area (Å²) in [5.74, 6) is -1.32. The molecule has 29 heavy (non-hydrogen) atoms. The minimum Gasteiger partial charge on any atom is -0.543 e. The number of ether oxygens (including phenoxy) is 2. The number of nitrogens with zero attached hydrogens (tertiary/aromatic N) is 2. The first-order valence-corrected chi connectivity index (χ1v) is 9.59. The van der Waals surface area contributed by atoms with Crippen LogP contribution in [-0.4, -0.2) is 28.6 Å². The van der Waals surface area contributed by atoms with Crippen LogP contribution >= 0.6 is 11.3 Å². The molecular formula is C20H19F2N2O4S-. The van der Waals surface area contributed by atoms with Crippen LogP contribution in [0.15, 0.2) is 29.8 Å². The summed E-state index contributed by atoms with van der Waals surface area (Å²) in [5, 5.41) is 13.2. The predicted octanol–water partition coefficient (Wildman–Crippen LogP) is 3.96. The van der Waals surface area contributed by atoms with Gasteiger partial charge in [-0.25, -0.2) is 4.98 Å². The summed E-state index contributed by atoms with van der Waals surface area (Å²) in [7, 11) is 0. The number of fused-ring (bicyclic) bond motifs is 1. The van der Waals surface area contributed by atoms with Gasteiger partial charge in [-0.3, -0.25) is 4.40 Å². The zero-order valence-corrected chi connectivity index (χ0v) is 16.8. The van der Waals surface area contributed by atoms with Crippen LogP contribution in [0.5, 0.6) is 11.5 Å². The topological polar surface area (TPSA) is 75.9 Å². The number of aromatic nitrogens is 2. The van der Waals surface area contributed by atoms with Crippen molar-refractivity contribution in [1.82, 2.24) is 9.38 Å². The van der Waals surface area contributed by atoms with Gasteiger partial charge in [-0.2, -0.15) is 8.78 Å². The number of para-hydroxylation sites is 1. The van der Waals surface area contributed by atoms with E-state index in [1.165, 1.54) is 27.9 Å².